The summed E-state index contributed by atoms with van der Waals surface area (Å²) in [6.45, 7) is 1.87. The van der Waals surface area contributed by atoms with Crippen LogP contribution < -0.4 is 16.2 Å². The van der Waals surface area contributed by atoms with E-state index in [1.54, 1.807) is 24.3 Å². The molecule has 1 amide bonds. The number of nitrogen functional groups attached to an aromatic ring is 1. The molecule has 0 aliphatic heterocycles. The van der Waals surface area contributed by atoms with Crippen LogP contribution in [0.3, 0.4) is 0 Å². The van der Waals surface area contributed by atoms with Gasteiger partial charge in [0.15, 0.2) is 0 Å². The van der Waals surface area contributed by atoms with Gasteiger partial charge < -0.3 is 16.2 Å². The van der Waals surface area contributed by atoms with Gasteiger partial charge in [0.05, 0.1) is 22.3 Å². The first-order valence-electron chi connectivity index (χ1n) is 7.01. The second-order valence-electron chi connectivity index (χ2n) is 5.32. The van der Waals surface area contributed by atoms with Crippen LogP contribution in [0.25, 0.3) is 21.5 Å². The van der Waals surface area contributed by atoms with Gasteiger partial charge in [-0.25, -0.2) is 9.78 Å². The van der Waals surface area contributed by atoms with E-state index in [0.29, 0.717) is 5.56 Å². The Labute approximate surface area is 144 Å². The van der Waals surface area contributed by atoms with E-state index in [9.17, 15) is 18.0 Å². The normalized spacial score (nSPS) is 11.7. The Morgan fingerprint density at radius 3 is 2.44 bits per heavy atom. The minimum atomic E-state index is -4.65. The van der Waals surface area contributed by atoms with Crippen molar-refractivity contribution in [3.05, 3.63) is 41.5 Å². The highest BCUT2D eigenvalue weighted by Crippen LogP contribution is 2.46. The van der Waals surface area contributed by atoms with Crippen LogP contribution in [-0.4, -0.2) is 11.1 Å². The van der Waals surface area contributed by atoms with Crippen LogP contribution in [0.1, 0.15) is 11.1 Å². The SMILES string of the molecule is Cc1ccc(-c2cc(C(F)(F)F)c3c(N)c(OC(N)=O)sc3n2)cc1. The number of aromatic nitrogens is 1. The van der Waals surface area contributed by atoms with E-state index in [0.717, 1.165) is 23.0 Å². The molecule has 1 aromatic carbocycles. The summed E-state index contributed by atoms with van der Waals surface area (Å²) in [5, 5.41) is -0.508. The highest BCUT2D eigenvalue weighted by molar-refractivity contribution is 7.21. The number of carbonyl (C=O) groups excluding carboxylic acids is 1. The summed E-state index contributed by atoms with van der Waals surface area (Å²) >= 11 is 0.735. The molecule has 5 nitrogen and oxygen atoms in total. The second kappa shape index (κ2) is 5.92. The molecule has 0 unspecified atom stereocenters. The molecule has 130 valence electrons. The van der Waals surface area contributed by atoms with Crippen LogP contribution in [0.2, 0.25) is 0 Å². The quantitative estimate of drug-likeness (QED) is 0.705. The Morgan fingerprint density at radius 2 is 1.88 bits per heavy atom. The number of amides is 1. The fourth-order valence-corrected chi connectivity index (χ4v) is 3.34. The van der Waals surface area contributed by atoms with Crippen molar-refractivity contribution in [1.82, 2.24) is 4.98 Å². The van der Waals surface area contributed by atoms with Crippen LogP contribution in [-0.2, 0) is 6.18 Å². The number of rotatable bonds is 2. The Kier molecular flexibility index (Phi) is 4.03. The van der Waals surface area contributed by atoms with E-state index < -0.39 is 17.8 Å². The Balaban J connectivity index is 2.28. The van der Waals surface area contributed by atoms with Crippen molar-refractivity contribution in [2.24, 2.45) is 5.73 Å². The molecule has 0 saturated heterocycles. The van der Waals surface area contributed by atoms with Gasteiger partial charge in [-0.05, 0) is 13.0 Å². The van der Waals surface area contributed by atoms with Gasteiger partial charge in [-0.1, -0.05) is 41.2 Å². The topological polar surface area (TPSA) is 91.2 Å². The molecule has 2 heterocycles. The van der Waals surface area contributed by atoms with E-state index >= 15 is 0 Å². The zero-order valence-corrected chi connectivity index (χ0v) is 13.7. The molecule has 25 heavy (non-hydrogen) atoms. The lowest BCUT2D eigenvalue weighted by Gasteiger charge is -2.11. The number of pyridine rings is 1. The number of benzene rings is 1. The first kappa shape index (κ1) is 17.0. The fraction of sp³-hybridized carbons (Fsp3) is 0.125. The van der Waals surface area contributed by atoms with Crippen LogP contribution in [0.15, 0.2) is 30.3 Å². The Hall–Kier alpha value is -2.81. The predicted molar refractivity (Wildman–Crippen MR) is 89.4 cm³/mol. The third-order valence-corrected chi connectivity index (χ3v) is 4.49. The lowest BCUT2D eigenvalue weighted by atomic mass is 10.0. The number of nitrogens with zero attached hydrogens (tertiary/aromatic N) is 1. The van der Waals surface area contributed by atoms with Crippen molar-refractivity contribution in [1.29, 1.82) is 0 Å². The number of thiophene rings is 1. The lowest BCUT2D eigenvalue weighted by Crippen LogP contribution is -2.16. The van der Waals surface area contributed by atoms with E-state index in [1.807, 2.05) is 6.92 Å². The number of aryl methyl sites for hydroxylation is 1. The van der Waals surface area contributed by atoms with Crippen molar-refractivity contribution >= 4 is 33.3 Å². The van der Waals surface area contributed by atoms with Crippen LogP contribution in [0, 0.1) is 6.92 Å². The molecule has 0 saturated carbocycles. The van der Waals surface area contributed by atoms with Crippen molar-refractivity contribution in [3.63, 3.8) is 0 Å². The molecule has 0 atom stereocenters. The standard InChI is InChI=1S/C16H12F3N3O2S/c1-7-2-4-8(5-3-7)10-6-9(16(17,18)19)11-12(20)14(24-15(21)23)25-13(11)22-10/h2-6H,20H2,1H3,(H2,21,23). The van der Waals surface area contributed by atoms with E-state index in [-0.39, 0.29) is 26.7 Å². The molecule has 0 fully saturated rings. The number of hydrogen-bond donors (Lipinski definition) is 2. The number of anilines is 1. The summed E-state index contributed by atoms with van der Waals surface area (Å²) in [6.07, 6.45) is -5.81. The van der Waals surface area contributed by atoms with E-state index in [2.05, 4.69) is 9.72 Å². The van der Waals surface area contributed by atoms with Gasteiger partial charge in [0.1, 0.15) is 4.83 Å². The van der Waals surface area contributed by atoms with Gasteiger partial charge in [-0.2, -0.15) is 13.2 Å². The van der Waals surface area contributed by atoms with Gasteiger partial charge in [0.25, 0.3) is 0 Å². The van der Waals surface area contributed by atoms with Gasteiger partial charge in [0.2, 0.25) is 5.06 Å². The van der Waals surface area contributed by atoms with E-state index in [4.69, 9.17) is 11.5 Å². The van der Waals surface area contributed by atoms with Crippen molar-refractivity contribution in [2.45, 2.75) is 13.1 Å². The number of primary amides is 1. The van der Waals surface area contributed by atoms with Crippen molar-refractivity contribution < 1.29 is 22.7 Å². The van der Waals surface area contributed by atoms with Gasteiger partial charge in [-0.3, -0.25) is 0 Å². The summed E-state index contributed by atoms with van der Waals surface area (Å²) in [5.41, 5.74) is 11.0. The maximum Gasteiger partial charge on any atom is 0.417 e. The molecule has 0 bridgehead atoms. The molecule has 3 rings (SSSR count). The average Bonchev–Trinajstić information content (AvgIpc) is 2.81. The molecule has 0 radical (unpaired) electrons. The zero-order chi connectivity index (χ0) is 18.4. The summed E-state index contributed by atoms with van der Waals surface area (Å²) < 4.78 is 45.2. The van der Waals surface area contributed by atoms with Crippen molar-refractivity contribution in [2.75, 3.05) is 5.73 Å². The maximum absolute atomic E-state index is 13.5. The first-order chi connectivity index (χ1) is 11.7. The first-order valence-corrected chi connectivity index (χ1v) is 7.83. The van der Waals surface area contributed by atoms with Gasteiger partial charge >= 0.3 is 12.3 Å². The van der Waals surface area contributed by atoms with Gasteiger partial charge in [0, 0.05) is 5.56 Å². The summed E-state index contributed by atoms with van der Waals surface area (Å²) in [6, 6.07) is 7.85. The Bertz CT molecular complexity index is 965. The fourth-order valence-electron chi connectivity index (χ4n) is 2.36. The lowest BCUT2D eigenvalue weighted by molar-refractivity contribution is -0.136. The van der Waals surface area contributed by atoms with Crippen LogP contribution in [0.4, 0.5) is 23.7 Å². The molecule has 3 aromatic rings. The summed E-state index contributed by atoms with van der Waals surface area (Å²) in [4.78, 5) is 15.2. The van der Waals surface area contributed by atoms with Gasteiger partial charge in [-0.15, -0.1) is 0 Å². The summed E-state index contributed by atoms with van der Waals surface area (Å²) in [5.74, 6) is 0. The average molecular weight is 367 g/mol. The molecule has 4 N–H and O–H groups in total. The third kappa shape index (κ3) is 3.22. The predicted octanol–water partition coefficient (Wildman–Crippen LogP) is 4.33. The second-order valence-corrected chi connectivity index (χ2v) is 6.28. The number of fused-ring (bicyclic) bond motifs is 1. The molecule has 0 aliphatic carbocycles. The third-order valence-electron chi connectivity index (χ3n) is 3.51. The zero-order valence-electron chi connectivity index (χ0n) is 12.8. The van der Waals surface area contributed by atoms with Crippen LogP contribution in [0.5, 0.6) is 5.06 Å². The molecular weight excluding hydrogens is 355 g/mol. The number of carbonyl (C=O) groups is 1. The highest BCUT2D eigenvalue weighted by Gasteiger charge is 2.36. The monoisotopic (exact) mass is 367 g/mol. The molecule has 2 aromatic heterocycles. The number of ether oxygens (including phenoxy) is 1. The minimum absolute atomic E-state index is 0.0131. The molecule has 0 aliphatic rings. The minimum Gasteiger partial charge on any atom is -0.397 e. The smallest absolute Gasteiger partial charge is 0.397 e. The maximum atomic E-state index is 13.5. The Morgan fingerprint density at radius 1 is 1.24 bits per heavy atom. The van der Waals surface area contributed by atoms with E-state index in [1.165, 1.54) is 0 Å². The number of hydrogen-bond acceptors (Lipinski definition) is 5. The molecule has 9 heteroatoms. The van der Waals surface area contributed by atoms with Crippen molar-refractivity contribution in [3.8, 4) is 16.3 Å². The highest BCUT2D eigenvalue weighted by atomic mass is 32.1. The largest absolute Gasteiger partial charge is 0.417 e. The number of alkyl halides is 3. The number of halogens is 3. The van der Waals surface area contributed by atoms with Crippen LogP contribution >= 0.6 is 11.3 Å². The molecule has 0 spiro atoms. The number of nitrogens with two attached hydrogens (primary N) is 2. The molecular formula is C16H12F3N3O2S. The summed E-state index contributed by atoms with van der Waals surface area (Å²) in [7, 11) is 0.